The third-order valence-corrected chi connectivity index (χ3v) is 3.34. The largest absolute Gasteiger partial charge is 0.271 e. The van der Waals surface area contributed by atoms with Crippen molar-refractivity contribution in [2.24, 2.45) is 11.0 Å². The van der Waals surface area contributed by atoms with Gasteiger partial charge in [-0.15, -0.1) is 0 Å². The first-order valence-corrected chi connectivity index (χ1v) is 6.57. The highest BCUT2D eigenvalue weighted by Crippen LogP contribution is 2.20. The summed E-state index contributed by atoms with van der Waals surface area (Å²) in [6.07, 6.45) is 4.47. The SMILES string of the molecule is Cc1cccc(C(=O)N/N=C2/CCCC(C)C2)c1. The van der Waals surface area contributed by atoms with Gasteiger partial charge in [0.05, 0.1) is 0 Å². The summed E-state index contributed by atoms with van der Waals surface area (Å²) in [5, 5.41) is 4.26. The maximum absolute atomic E-state index is 11.9. The smallest absolute Gasteiger partial charge is 0.267 e. The minimum Gasteiger partial charge on any atom is -0.267 e. The van der Waals surface area contributed by atoms with E-state index in [2.05, 4.69) is 17.5 Å². The molecule has 0 heterocycles. The molecule has 0 radical (unpaired) electrons. The van der Waals surface area contributed by atoms with Crippen LogP contribution in [0.25, 0.3) is 0 Å². The molecule has 0 aromatic heterocycles. The molecule has 0 aliphatic heterocycles. The Morgan fingerprint density at radius 2 is 2.28 bits per heavy atom. The van der Waals surface area contributed by atoms with Crippen molar-refractivity contribution in [2.45, 2.75) is 39.5 Å². The van der Waals surface area contributed by atoms with Gasteiger partial charge in [-0.05, 0) is 50.7 Å². The van der Waals surface area contributed by atoms with E-state index in [-0.39, 0.29) is 5.91 Å². The number of rotatable bonds is 2. The molecule has 1 aromatic carbocycles. The van der Waals surface area contributed by atoms with Crippen molar-refractivity contribution in [1.82, 2.24) is 5.43 Å². The van der Waals surface area contributed by atoms with Crippen LogP contribution in [-0.2, 0) is 0 Å². The molecule has 1 aliphatic rings. The Labute approximate surface area is 108 Å². The quantitative estimate of drug-likeness (QED) is 0.797. The first kappa shape index (κ1) is 12.8. The monoisotopic (exact) mass is 244 g/mol. The van der Waals surface area contributed by atoms with Crippen LogP contribution in [0.1, 0.15) is 48.5 Å². The van der Waals surface area contributed by atoms with Crippen molar-refractivity contribution in [3.63, 3.8) is 0 Å². The number of nitrogens with one attached hydrogen (secondary N) is 1. The lowest BCUT2D eigenvalue weighted by atomic mass is 9.89. The maximum atomic E-state index is 11.9. The molecule has 1 N–H and O–H groups in total. The number of hydrogen-bond donors (Lipinski definition) is 1. The van der Waals surface area contributed by atoms with Crippen molar-refractivity contribution < 1.29 is 4.79 Å². The molecule has 1 amide bonds. The van der Waals surface area contributed by atoms with Crippen LogP contribution in [0.15, 0.2) is 29.4 Å². The molecule has 1 unspecified atom stereocenters. The Kier molecular flexibility index (Phi) is 4.13. The molecule has 1 aromatic rings. The molecule has 1 aliphatic carbocycles. The lowest BCUT2D eigenvalue weighted by Gasteiger charge is -2.18. The fourth-order valence-corrected chi connectivity index (χ4v) is 2.34. The molecule has 0 spiro atoms. The number of aryl methyl sites for hydroxylation is 1. The molecule has 0 bridgehead atoms. The minimum absolute atomic E-state index is 0.121. The van der Waals surface area contributed by atoms with Gasteiger partial charge in [-0.3, -0.25) is 4.79 Å². The van der Waals surface area contributed by atoms with Crippen LogP contribution in [0.3, 0.4) is 0 Å². The predicted octanol–water partition coefficient (Wildman–Crippen LogP) is 3.29. The van der Waals surface area contributed by atoms with E-state index in [1.165, 1.54) is 12.8 Å². The molecule has 1 atom stereocenters. The van der Waals surface area contributed by atoms with Gasteiger partial charge in [0.15, 0.2) is 0 Å². The summed E-state index contributed by atoms with van der Waals surface area (Å²) < 4.78 is 0. The average Bonchev–Trinajstić information content (AvgIpc) is 2.36. The van der Waals surface area contributed by atoms with Crippen LogP contribution < -0.4 is 5.43 Å². The second-order valence-electron chi connectivity index (χ2n) is 5.19. The number of hydrazone groups is 1. The van der Waals surface area contributed by atoms with Gasteiger partial charge in [0.1, 0.15) is 0 Å². The predicted molar refractivity (Wildman–Crippen MR) is 73.7 cm³/mol. The Bertz CT molecular complexity index is 465. The summed E-state index contributed by atoms with van der Waals surface area (Å²) in [4.78, 5) is 11.9. The first-order chi connectivity index (χ1) is 8.65. The van der Waals surface area contributed by atoms with Crippen molar-refractivity contribution in [3.05, 3.63) is 35.4 Å². The zero-order valence-electron chi connectivity index (χ0n) is 11.1. The fourth-order valence-electron chi connectivity index (χ4n) is 2.34. The number of amides is 1. The van der Waals surface area contributed by atoms with E-state index in [9.17, 15) is 4.79 Å². The third kappa shape index (κ3) is 3.42. The van der Waals surface area contributed by atoms with Gasteiger partial charge >= 0.3 is 0 Å². The molecule has 18 heavy (non-hydrogen) atoms. The highest BCUT2D eigenvalue weighted by atomic mass is 16.2. The normalized spacial score (nSPS) is 21.9. The highest BCUT2D eigenvalue weighted by Gasteiger charge is 2.14. The van der Waals surface area contributed by atoms with Crippen LogP contribution in [0, 0.1) is 12.8 Å². The van der Waals surface area contributed by atoms with Gasteiger partial charge in [0.25, 0.3) is 5.91 Å². The van der Waals surface area contributed by atoms with Crippen LogP contribution in [0.4, 0.5) is 0 Å². The summed E-state index contributed by atoms with van der Waals surface area (Å²) in [6.45, 7) is 4.21. The van der Waals surface area contributed by atoms with E-state index in [1.807, 2.05) is 31.2 Å². The summed E-state index contributed by atoms with van der Waals surface area (Å²) in [6, 6.07) is 7.55. The molecule has 1 saturated carbocycles. The fraction of sp³-hybridized carbons (Fsp3) is 0.467. The summed E-state index contributed by atoms with van der Waals surface area (Å²) >= 11 is 0. The molecule has 1 fully saturated rings. The lowest BCUT2D eigenvalue weighted by molar-refractivity contribution is 0.0954. The second-order valence-corrected chi connectivity index (χ2v) is 5.19. The van der Waals surface area contributed by atoms with Crippen molar-refractivity contribution in [1.29, 1.82) is 0 Å². The Morgan fingerprint density at radius 3 is 3.00 bits per heavy atom. The molecular formula is C15H20N2O. The van der Waals surface area contributed by atoms with E-state index in [0.717, 1.165) is 24.1 Å². The minimum atomic E-state index is -0.121. The van der Waals surface area contributed by atoms with E-state index < -0.39 is 0 Å². The van der Waals surface area contributed by atoms with Gasteiger partial charge in [0, 0.05) is 11.3 Å². The summed E-state index contributed by atoms with van der Waals surface area (Å²) in [7, 11) is 0. The summed E-state index contributed by atoms with van der Waals surface area (Å²) in [5.41, 5.74) is 5.54. The van der Waals surface area contributed by atoms with Crippen molar-refractivity contribution >= 4 is 11.6 Å². The van der Waals surface area contributed by atoms with Gasteiger partial charge in [-0.1, -0.05) is 24.6 Å². The van der Waals surface area contributed by atoms with Crippen molar-refractivity contribution in [2.75, 3.05) is 0 Å². The number of carbonyl (C=O) groups excluding carboxylic acids is 1. The lowest BCUT2D eigenvalue weighted by Crippen LogP contribution is -2.22. The summed E-state index contributed by atoms with van der Waals surface area (Å²) in [5.74, 6) is 0.567. The van der Waals surface area contributed by atoms with Crippen LogP contribution in [0.5, 0.6) is 0 Å². The van der Waals surface area contributed by atoms with E-state index in [0.29, 0.717) is 11.5 Å². The third-order valence-electron chi connectivity index (χ3n) is 3.34. The van der Waals surface area contributed by atoms with E-state index in [4.69, 9.17) is 0 Å². The Balaban J connectivity index is 1.97. The first-order valence-electron chi connectivity index (χ1n) is 6.57. The van der Waals surface area contributed by atoms with Crippen LogP contribution >= 0.6 is 0 Å². The molecule has 96 valence electrons. The van der Waals surface area contributed by atoms with Crippen LogP contribution in [-0.4, -0.2) is 11.6 Å². The Morgan fingerprint density at radius 1 is 1.44 bits per heavy atom. The molecule has 2 rings (SSSR count). The molecular weight excluding hydrogens is 224 g/mol. The average molecular weight is 244 g/mol. The topological polar surface area (TPSA) is 41.5 Å². The molecule has 3 nitrogen and oxygen atoms in total. The number of carbonyl (C=O) groups is 1. The van der Waals surface area contributed by atoms with Crippen LogP contribution in [0.2, 0.25) is 0 Å². The standard InChI is InChI=1S/C15H20N2O/c1-11-5-3-7-13(9-11)15(18)17-16-14-8-4-6-12(2)10-14/h3,5,7,9,12H,4,6,8,10H2,1-2H3,(H,17,18)/b16-14-. The molecule has 0 saturated heterocycles. The van der Waals surface area contributed by atoms with E-state index in [1.54, 1.807) is 0 Å². The van der Waals surface area contributed by atoms with Gasteiger partial charge in [-0.2, -0.15) is 5.10 Å². The van der Waals surface area contributed by atoms with Gasteiger partial charge in [0.2, 0.25) is 0 Å². The van der Waals surface area contributed by atoms with Gasteiger partial charge < -0.3 is 0 Å². The molecule has 3 heteroatoms. The number of benzene rings is 1. The van der Waals surface area contributed by atoms with Crippen molar-refractivity contribution in [3.8, 4) is 0 Å². The number of hydrogen-bond acceptors (Lipinski definition) is 2. The van der Waals surface area contributed by atoms with Gasteiger partial charge in [-0.25, -0.2) is 5.43 Å². The Hall–Kier alpha value is -1.64. The van der Waals surface area contributed by atoms with E-state index >= 15 is 0 Å². The second kappa shape index (κ2) is 5.80. The zero-order chi connectivity index (χ0) is 13.0. The number of nitrogens with zero attached hydrogens (tertiary/aromatic N) is 1. The maximum Gasteiger partial charge on any atom is 0.271 e. The highest BCUT2D eigenvalue weighted by molar-refractivity contribution is 5.95. The zero-order valence-corrected chi connectivity index (χ0v) is 11.1.